The Morgan fingerprint density at radius 2 is 1.67 bits per heavy atom. The van der Waals surface area contributed by atoms with Crippen LogP contribution in [0.1, 0.15) is 25.8 Å². The minimum absolute atomic E-state index is 0.0847. The fraction of sp³-hybridized carbons (Fsp3) is 0.263. The molecule has 126 valence electrons. The minimum Gasteiger partial charge on any atom is -0.326 e. The quantitative estimate of drug-likeness (QED) is 0.850. The summed E-state index contributed by atoms with van der Waals surface area (Å²) in [6, 6.07) is 14.7. The third-order valence-electron chi connectivity index (χ3n) is 3.73. The number of anilines is 2. The predicted molar refractivity (Wildman–Crippen MR) is 98.5 cm³/mol. The first-order valence-electron chi connectivity index (χ1n) is 7.92. The van der Waals surface area contributed by atoms with Gasteiger partial charge in [0.25, 0.3) is 0 Å². The van der Waals surface area contributed by atoms with Gasteiger partial charge in [-0.15, -0.1) is 0 Å². The molecule has 0 aliphatic carbocycles. The Kier molecular flexibility index (Phi) is 6.38. The lowest BCUT2D eigenvalue weighted by Gasteiger charge is -2.21. The van der Waals surface area contributed by atoms with E-state index in [0.29, 0.717) is 17.3 Å². The molecule has 0 aliphatic rings. The zero-order valence-corrected chi connectivity index (χ0v) is 14.6. The van der Waals surface area contributed by atoms with E-state index in [9.17, 15) is 9.59 Å². The highest BCUT2D eigenvalue weighted by Crippen LogP contribution is 2.17. The molecule has 5 heteroatoms. The number of benzene rings is 2. The van der Waals surface area contributed by atoms with Gasteiger partial charge in [0.05, 0.1) is 0 Å². The summed E-state index contributed by atoms with van der Waals surface area (Å²) in [7, 11) is 0. The molecule has 0 aromatic heterocycles. The van der Waals surface area contributed by atoms with Crippen molar-refractivity contribution < 1.29 is 9.59 Å². The predicted octanol–water partition coefficient (Wildman–Crippen LogP) is 4.28. The Morgan fingerprint density at radius 3 is 2.21 bits per heavy atom. The van der Waals surface area contributed by atoms with E-state index in [2.05, 4.69) is 12.2 Å². The molecule has 0 unspecified atom stereocenters. The van der Waals surface area contributed by atoms with Crippen molar-refractivity contribution in [2.45, 2.75) is 26.7 Å². The Bertz CT molecular complexity index is 696. The van der Waals surface area contributed by atoms with Crippen molar-refractivity contribution in [3.05, 3.63) is 59.1 Å². The van der Waals surface area contributed by atoms with Gasteiger partial charge in [-0.1, -0.05) is 30.7 Å². The Hall–Kier alpha value is -2.33. The van der Waals surface area contributed by atoms with Crippen LogP contribution in [0.3, 0.4) is 0 Å². The van der Waals surface area contributed by atoms with Gasteiger partial charge in [0.2, 0.25) is 11.8 Å². The van der Waals surface area contributed by atoms with Crippen molar-refractivity contribution in [2.75, 3.05) is 16.8 Å². The number of nitrogens with one attached hydrogen (secondary N) is 1. The van der Waals surface area contributed by atoms with Gasteiger partial charge in [0.15, 0.2) is 0 Å². The van der Waals surface area contributed by atoms with Gasteiger partial charge in [0, 0.05) is 36.3 Å². The molecule has 2 aromatic carbocycles. The fourth-order valence-corrected chi connectivity index (χ4v) is 2.48. The van der Waals surface area contributed by atoms with E-state index in [4.69, 9.17) is 11.6 Å². The lowest BCUT2D eigenvalue weighted by atomic mass is 10.1. The Balaban J connectivity index is 1.96. The van der Waals surface area contributed by atoms with Crippen LogP contribution in [-0.2, 0) is 16.0 Å². The number of carbonyl (C=O) groups is 2. The third-order valence-corrected chi connectivity index (χ3v) is 3.98. The number of halogens is 1. The average Bonchev–Trinajstić information content (AvgIpc) is 2.57. The summed E-state index contributed by atoms with van der Waals surface area (Å²) in [5, 5.41) is 3.41. The molecular weight excluding hydrogens is 324 g/mol. The molecule has 0 spiro atoms. The van der Waals surface area contributed by atoms with E-state index in [1.807, 2.05) is 24.3 Å². The van der Waals surface area contributed by atoms with Gasteiger partial charge >= 0.3 is 0 Å². The zero-order valence-electron chi connectivity index (χ0n) is 13.9. The lowest BCUT2D eigenvalue weighted by Crippen LogP contribution is -2.31. The van der Waals surface area contributed by atoms with E-state index >= 15 is 0 Å². The van der Waals surface area contributed by atoms with Gasteiger partial charge in [-0.2, -0.15) is 0 Å². The zero-order chi connectivity index (χ0) is 17.5. The summed E-state index contributed by atoms with van der Waals surface area (Å²) in [6.07, 6.45) is 1.17. The molecule has 0 aliphatic heterocycles. The molecule has 2 amide bonds. The number of nitrogens with zero attached hydrogens (tertiary/aromatic N) is 1. The fourth-order valence-electron chi connectivity index (χ4n) is 2.35. The second-order valence-electron chi connectivity index (χ2n) is 5.50. The van der Waals surface area contributed by atoms with Gasteiger partial charge < -0.3 is 10.2 Å². The van der Waals surface area contributed by atoms with Crippen LogP contribution in [0.4, 0.5) is 11.4 Å². The largest absolute Gasteiger partial charge is 0.326 e. The van der Waals surface area contributed by atoms with E-state index in [1.54, 1.807) is 29.2 Å². The molecule has 4 nitrogen and oxygen atoms in total. The first kappa shape index (κ1) is 18.0. The first-order valence-corrected chi connectivity index (χ1v) is 8.30. The van der Waals surface area contributed by atoms with Gasteiger partial charge in [-0.05, 0) is 48.4 Å². The number of rotatable bonds is 6. The third kappa shape index (κ3) is 5.10. The molecule has 2 aromatic rings. The lowest BCUT2D eigenvalue weighted by molar-refractivity contribution is -0.117. The highest BCUT2D eigenvalue weighted by atomic mass is 35.5. The summed E-state index contributed by atoms with van der Waals surface area (Å²) in [6.45, 7) is 3.92. The molecule has 0 atom stereocenters. The SMILES string of the molecule is CCc1ccc(N(CCC(=O)Nc2ccc(Cl)cc2)C(C)=O)cc1. The van der Waals surface area contributed by atoms with Crippen LogP contribution in [0.15, 0.2) is 48.5 Å². The molecule has 1 N–H and O–H groups in total. The molecule has 24 heavy (non-hydrogen) atoms. The highest BCUT2D eigenvalue weighted by Gasteiger charge is 2.13. The normalized spacial score (nSPS) is 10.3. The van der Waals surface area contributed by atoms with Crippen molar-refractivity contribution in [3.8, 4) is 0 Å². The van der Waals surface area contributed by atoms with Crippen molar-refractivity contribution >= 4 is 34.8 Å². The van der Waals surface area contributed by atoms with Crippen LogP contribution in [0.2, 0.25) is 5.02 Å². The topological polar surface area (TPSA) is 49.4 Å². The van der Waals surface area contributed by atoms with Crippen LogP contribution in [-0.4, -0.2) is 18.4 Å². The van der Waals surface area contributed by atoms with Crippen molar-refractivity contribution in [2.24, 2.45) is 0 Å². The molecule has 0 radical (unpaired) electrons. The summed E-state index contributed by atoms with van der Waals surface area (Å²) in [5.74, 6) is -0.229. The summed E-state index contributed by atoms with van der Waals surface area (Å²) >= 11 is 5.82. The molecule has 0 saturated carbocycles. The Morgan fingerprint density at radius 1 is 1.04 bits per heavy atom. The van der Waals surface area contributed by atoms with Crippen molar-refractivity contribution in [1.29, 1.82) is 0 Å². The molecule has 2 rings (SSSR count). The van der Waals surface area contributed by atoms with Crippen LogP contribution in [0.25, 0.3) is 0 Å². The van der Waals surface area contributed by atoms with E-state index < -0.39 is 0 Å². The minimum atomic E-state index is -0.145. The number of hydrogen-bond donors (Lipinski definition) is 1. The maximum absolute atomic E-state index is 12.1. The van der Waals surface area contributed by atoms with Gasteiger partial charge in [0.1, 0.15) is 0 Å². The number of amides is 2. The van der Waals surface area contributed by atoms with Crippen LogP contribution < -0.4 is 10.2 Å². The molecular formula is C19H21ClN2O2. The van der Waals surface area contributed by atoms with Crippen molar-refractivity contribution in [1.82, 2.24) is 0 Å². The van der Waals surface area contributed by atoms with E-state index in [0.717, 1.165) is 12.1 Å². The smallest absolute Gasteiger partial charge is 0.226 e. The van der Waals surface area contributed by atoms with Crippen LogP contribution in [0.5, 0.6) is 0 Å². The van der Waals surface area contributed by atoms with Gasteiger partial charge in [-0.3, -0.25) is 9.59 Å². The maximum Gasteiger partial charge on any atom is 0.226 e. The summed E-state index contributed by atoms with van der Waals surface area (Å²) in [5.41, 5.74) is 2.70. The molecule has 0 fully saturated rings. The molecule has 0 saturated heterocycles. The molecule has 0 bridgehead atoms. The monoisotopic (exact) mass is 344 g/mol. The van der Waals surface area contributed by atoms with Gasteiger partial charge in [-0.25, -0.2) is 0 Å². The number of carbonyl (C=O) groups excluding carboxylic acids is 2. The van der Waals surface area contributed by atoms with Crippen LogP contribution >= 0.6 is 11.6 Å². The summed E-state index contributed by atoms with van der Waals surface area (Å²) < 4.78 is 0. The highest BCUT2D eigenvalue weighted by molar-refractivity contribution is 6.30. The number of hydrogen-bond acceptors (Lipinski definition) is 2. The van der Waals surface area contributed by atoms with E-state index in [-0.39, 0.29) is 18.2 Å². The van der Waals surface area contributed by atoms with Crippen LogP contribution in [0, 0.1) is 0 Å². The van der Waals surface area contributed by atoms with E-state index in [1.165, 1.54) is 12.5 Å². The number of aryl methyl sites for hydroxylation is 1. The second kappa shape index (κ2) is 8.50. The summed E-state index contributed by atoms with van der Waals surface area (Å²) in [4.78, 5) is 25.6. The average molecular weight is 345 g/mol. The Labute approximate surface area is 147 Å². The standard InChI is InChI=1S/C19H21ClN2O2/c1-3-15-4-10-18(11-5-15)22(14(2)23)13-12-19(24)21-17-8-6-16(20)7-9-17/h4-11H,3,12-13H2,1-2H3,(H,21,24). The second-order valence-corrected chi connectivity index (χ2v) is 5.93. The first-order chi connectivity index (χ1) is 11.5. The molecule has 0 heterocycles. The van der Waals surface area contributed by atoms with Crippen molar-refractivity contribution in [3.63, 3.8) is 0 Å². The maximum atomic E-state index is 12.1.